The van der Waals surface area contributed by atoms with E-state index in [9.17, 15) is 4.57 Å². The molecular formula is C28H28OP2. The summed E-state index contributed by atoms with van der Waals surface area (Å²) in [6, 6.07) is 41.6. The first-order valence-electron chi connectivity index (χ1n) is 10.7. The highest BCUT2D eigenvalue weighted by atomic mass is 31.2. The predicted molar refractivity (Wildman–Crippen MR) is 138 cm³/mol. The van der Waals surface area contributed by atoms with Crippen LogP contribution >= 0.6 is 15.1 Å². The summed E-state index contributed by atoms with van der Waals surface area (Å²) in [6.07, 6.45) is 0. The van der Waals surface area contributed by atoms with Crippen molar-refractivity contribution in [3.05, 3.63) is 121 Å². The van der Waals surface area contributed by atoms with Crippen molar-refractivity contribution in [3.63, 3.8) is 0 Å². The summed E-state index contributed by atoms with van der Waals surface area (Å²) in [4.78, 5) is 0. The van der Waals surface area contributed by atoms with E-state index in [1.807, 2.05) is 60.7 Å². The molecule has 0 unspecified atom stereocenters. The van der Waals surface area contributed by atoms with Crippen molar-refractivity contribution in [2.75, 3.05) is 0 Å². The van der Waals surface area contributed by atoms with Gasteiger partial charge in [-0.15, -0.1) is 0 Å². The molecule has 0 radical (unpaired) electrons. The van der Waals surface area contributed by atoms with E-state index in [0.29, 0.717) is 0 Å². The van der Waals surface area contributed by atoms with Crippen LogP contribution in [-0.2, 0) is 4.57 Å². The normalized spacial score (nSPS) is 13.6. The Morgan fingerprint density at radius 2 is 0.871 bits per heavy atom. The second-order valence-corrected chi connectivity index (χ2v) is 13.6. The molecule has 31 heavy (non-hydrogen) atoms. The Morgan fingerprint density at radius 3 is 1.23 bits per heavy atom. The second-order valence-electron chi connectivity index (χ2n) is 7.85. The van der Waals surface area contributed by atoms with Gasteiger partial charge in [0.1, 0.15) is 7.14 Å². The second kappa shape index (κ2) is 9.78. The van der Waals surface area contributed by atoms with E-state index < -0.39 is 15.1 Å². The van der Waals surface area contributed by atoms with Gasteiger partial charge in [-0.05, 0) is 24.2 Å². The van der Waals surface area contributed by atoms with E-state index in [-0.39, 0.29) is 11.3 Å². The first-order valence-corrected chi connectivity index (χ1v) is 13.9. The van der Waals surface area contributed by atoms with Crippen molar-refractivity contribution in [3.8, 4) is 0 Å². The highest BCUT2D eigenvalue weighted by Gasteiger charge is 2.40. The molecule has 4 rings (SSSR count). The molecule has 156 valence electrons. The Balaban J connectivity index is 1.84. The lowest BCUT2D eigenvalue weighted by Gasteiger charge is -2.35. The molecule has 0 heterocycles. The molecule has 0 aliphatic rings. The Morgan fingerprint density at radius 1 is 0.548 bits per heavy atom. The van der Waals surface area contributed by atoms with Crippen molar-refractivity contribution in [1.82, 2.24) is 0 Å². The first kappa shape index (κ1) is 21.8. The highest BCUT2D eigenvalue weighted by Crippen LogP contribution is 2.56. The third-order valence-electron chi connectivity index (χ3n) is 6.03. The molecule has 0 bridgehead atoms. The van der Waals surface area contributed by atoms with Crippen LogP contribution in [0, 0.1) is 0 Å². The van der Waals surface area contributed by atoms with Crippen LogP contribution in [0.2, 0.25) is 0 Å². The fraction of sp³-hybridized carbons (Fsp3) is 0.143. The van der Waals surface area contributed by atoms with Gasteiger partial charge in [0.2, 0.25) is 0 Å². The highest BCUT2D eigenvalue weighted by molar-refractivity contribution is 7.81. The van der Waals surface area contributed by atoms with E-state index in [4.69, 9.17) is 0 Å². The van der Waals surface area contributed by atoms with E-state index >= 15 is 0 Å². The summed E-state index contributed by atoms with van der Waals surface area (Å²) >= 11 is 0. The van der Waals surface area contributed by atoms with Crippen molar-refractivity contribution < 1.29 is 4.57 Å². The van der Waals surface area contributed by atoms with Crippen molar-refractivity contribution in [2.45, 2.75) is 25.2 Å². The van der Waals surface area contributed by atoms with E-state index in [1.165, 1.54) is 10.6 Å². The zero-order valence-corrected chi connectivity index (χ0v) is 19.8. The Labute approximate surface area is 187 Å². The zero-order chi connectivity index (χ0) is 21.7. The van der Waals surface area contributed by atoms with Crippen LogP contribution in [0.5, 0.6) is 0 Å². The fourth-order valence-electron chi connectivity index (χ4n) is 4.23. The Hall–Kier alpha value is -2.46. The molecule has 1 nitrogen and oxygen atoms in total. The van der Waals surface area contributed by atoms with E-state index in [2.05, 4.69) is 74.5 Å². The summed E-state index contributed by atoms with van der Waals surface area (Å²) in [6.45, 7) is 4.47. The van der Waals surface area contributed by atoms with E-state index in [1.54, 1.807) is 0 Å². The predicted octanol–water partition coefficient (Wildman–Crippen LogP) is 5.91. The van der Waals surface area contributed by atoms with Gasteiger partial charge in [0, 0.05) is 16.3 Å². The van der Waals surface area contributed by atoms with Gasteiger partial charge in [0.25, 0.3) is 0 Å². The third-order valence-corrected chi connectivity index (χ3v) is 13.0. The maximum Gasteiger partial charge on any atom is 0.146 e. The first-order chi connectivity index (χ1) is 15.1. The average Bonchev–Trinajstić information content (AvgIpc) is 2.85. The van der Waals surface area contributed by atoms with Gasteiger partial charge >= 0.3 is 0 Å². The molecular weight excluding hydrogens is 414 g/mol. The minimum Gasteiger partial charge on any atom is -0.313 e. The molecule has 4 aromatic carbocycles. The number of hydrogen-bond acceptors (Lipinski definition) is 1. The summed E-state index contributed by atoms with van der Waals surface area (Å²) in [7, 11) is -3.52. The monoisotopic (exact) mass is 442 g/mol. The van der Waals surface area contributed by atoms with Gasteiger partial charge in [0.15, 0.2) is 0 Å². The molecule has 4 aromatic rings. The smallest absolute Gasteiger partial charge is 0.146 e. The molecule has 2 atom stereocenters. The van der Waals surface area contributed by atoms with Crippen molar-refractivity contribution in [1.29, 1.82) is 0 Å². The van der Waals surface area contributed by atoms with Crippen LogP contribution < -0.4 is 21.2 Å². The van der Waals surface area contributed by atoms with Gasteiger partial charge in [-0.1, -0.05) is 135 Å². The van der Waals surface area contributed by atoms with Gasteiger partial charge < -0.3 is 4.57 Å². The Bertz CT molecular complexity index is 1050. The summed E-state index contributed by atoms with van der Waals surface area (Å²) in [5, 5.41) is 4.54. The largest absolute Gasteiger partial charge is 0.313 e. The van der Waals surface area contributed by atoms with Crippen LogP contribution in [-0.4, -0.2) is 11.3 Å². The van der Waals surface area contributed by atoms with Crippen LogP contribution in [0.15, 0.2) is 121 Å². The van der Waals surface area contributed by atoms with Gasteiger partial charge in [0.05, 0.1) is 0 Å². The van der Waals surface area contributed by atoms with Crippen LogP contribution in [0.4, 0.5) is 0 Å². The molecule has 0 amide bonds. The molecule has 0 aliphatic carbocycles. The molecule has 0 fully saturated rings. The van der Waals surface area contributed by atoms with Crippen LogP contribution in [0.1, 0.15) is 13.8 Å². The minimum atomic E-state index is -2.85. The summed E-state index contributed by atoms with van der Waals surface area (Å²) in [5.41, 5.74) is 0.217. The molecule has 0 spiro atoms. The number of benzene rings is 4. The topological polar surface area (TPSA) is 17.1 Å². The Kier molecular flexibility index (Phi) is 6.86. The number of hydrogen-bond donors (Lipinski definition) is 0. The zero-order valence-electron chi connectivity index (χ0n) is 18.0. The SMILES string of the molecule is C[C@H]([C@@H](C)P(=O)(c1ccccc1)c1ccccc1)P(c1ccccc1)c1ccccc1. The maximum atomic E-state index is 14.9. The summed E-state index contributed by atoms with van der Waals surface area (Å²) in [5.74, 6) is 0. The lowest BCUT2D eigenvalue weighted by Crippen LogP contribution is -2.34. The molecule has 0 aliphatic heterocycles. The van der Waals surface area contributed by atoms with Gasteiger partial charge in [-0.25, -0.2) is 0 Å². The van der Waals surface area contributed by atoms with Crippen molar-refractivity contribution in [2.24, 2.45) is 0 Å². The molecule has 0 saturated carbocycles. The average molecular weight is 442 g/mol. The van der Waals surface area contributed by atoms with Crippen molar-refractivity contribution >= 4 is 36.3 Å². The molecule has 0 N–H and O–H groups in total. The van der Waals surface area contributed by atoms with Gasteiger partial charge in [-0.2, -0.15) is 0 Å². The molecule has 0 aromatic heterocycles. The van der Waals surface area contributed by atoms with Crippen LogP contribution in [0.25, 0.3) is 0 Å². The number of rotatable bonds is 7. The minimum absolute atomic E-state index is 0.0103. The molecule has 3 heteroatoms. The third kappa shape index (κ3) is 4.45. The van der Waals surface area contributed by atoms with Crippen LogP contribution in [0.3, 0.4) is 0 Å². The van der Waals surface area contributed by atoms with E-state index in [0.717, 1.165) is 10.6 Å². The quantitative estimate of drug-likeness (QED) is 0.325. The maximum absolute atomic E-state index is 14.9. The lowest BCUT2D eigenvalue weighted by molar-refractivity contribution is 0.578. The molecule has 0 saturated heterocycles. The standard InChI is InChI=1S/C28H28OP2/c1-23(30(25-15-7-3-8-16-25)26-17-9-4-10-18-26)24(2)31(29,27-19-11-5-12-20-27)28-21-13-6-14-22-28/h3-24H,1-2H3/t23-,24-/m1/s1. The van der Waals surface area contributed by atoms with Gasteiger partial charge in [-0.3, -0.25) is 0 Å². The lowest BCUT2D eigenvalue weighted by atomic mass is 10.3. The summed E-state index contributed by atoms with van der Waals surface area (Å²) < 4.78 is 14.9. The fourth-order valence-corrected chi connectivity index (χ4v) is 10.9.